The van der Waals surface area contributed by atoms with Gasteiger partial charge in [0, 0.05) is 18.7 Å². The minimum Gasteiger partial charge on any atom is -0.463 e. The van der Waals surface area contributed by atoms with Crippen LogP contribution < -0.4 is 11.2 Å². The van der Waals surface area contributed by atoms with Crippen molar-refractivity contribution in [3.8, 4) is 12.3 Å². The summed E-state index contributed by atoms with van der Waals surface area (Å²) in [6, 6.07) is 1.08. The number of nitrogens with zero attached hydrogens (tertiary/aromatic N) is 1. The molecule has 1 aromatic rings. The molecule has 222 valence electrons. The molecule has 0 aliphatic carbocycles. The summed E-state index contributed by atoms with van der Waals surface area (Å²) in [4.78, 5) is 51.4. The van der Waals surface area contributed by atoms with Crippen molar-refractivity contribution < 1.29 is 41.9 Å². The minimum atomic E-state index is -4.27. The lowest BCUT2D eigenvalue weighted by atomic mass is 9.94. The van der Waals surface area contributed by atoms with Crippen LogP contribution in [0, 0.1) is 18.3 Å². The minimum absolute atomic E-state index is 0.0447. The summed E-state index contributed by atoms with van der Waals surface area (Å²) in [5, 5.41) is 0. The summed E-state index contributed by atoms with van der Waals surface area (Å²) in [5.41, 5.74) is -3.57. The van der Waals surface area contributed by atoms with E-state index in [-0.39, 0.29) is 32.2 Å². The molecule has 6 atom stereocenters. The molecule has 0 saturated carbocycles. The Bertz CT molecular complexity index is 1250. The fraction of sp³-hybridized carbons (Fsp3) is 0.692. The second-order valence-electron chi connectivity index (χ2n) is 10.0. The summed E-state index contributed by atoms with van der Waals surface area (Å²) < 4.78 is 47.9. The van der Waals surface area contributed by atoms with Crippen molar-refractivity contribution in [1.82, 2.24) is 9.55 Å². The van der Waals surface area contributed by atoms with Gasteiger partial charge in [-0.05, 0) is 26.7 Å². The maximum atomic E-state index is 13.4. The van der Waals surface area contributed by atoms with Crippen molar-refractivity contribution >= 4 is 19.8 Å². The quantitative estimate of drug-likeness (QED) is 0.157. The van der Waals surface area contributed by atoms with Gasteiger partial charge in [0.25, 0.3) is 5.56 Å². The van der Waals surface area contributed by atoms with Crippen LogP contribution in [0.3, 0.4) is 0 Å². The first-order valence-electron chi connectivity index (χ1n) is 13.4. The number of hydrogen-bond acceptors (Lipinski definition) is 11. The van der Waals surface area contributed by atoms with E-state index in [1.54, 1.807) is 20.8 Å². The zero-order chi connectivity index (χ0) is 29.5. The van der Waals surface area contributed by atoms with E-state index < -0.39 is 61.0 Å². The van der Waals surface area contributed by atoms with Gasteiger partial charge in [-0.1, -0.05) is 39.0 Å². The molecule has 0 unspecified atom stereocenters. The van der Waals surface area contributed by atoms with Gasteiger partial charge in [-0.15, -0.1) is 6.42 Å². The molecule has 0 aromatic carbocycles. The molecule has 0 bridgehead atoms. The number of phosphoric acid groups is 1. The Kier molecular flexibility index (Phi) is 10.9. The number of H-pyrrole nitrogens is 1. The number of hydrogen-bond donors (Lipinski definition) is 1. The van der Waals surface area contributed by atoms with E-state index in [9.17, 15) is 23.7 Å². The molecule has 1 N–H and O–H groups in total. The average molecular weight is 585 g/mol. The van der Waals surface area contributed by atoms with Crippen LogP contribution in [0.15, 0.2) is 21.9 Å². The van der Waals surface area contributed by atoms with E-state index in [2.05, 4.69) is 10.9 Å². The Hall–Kier alpha value is -2.75. The monoisotopic (exact) mass is 584 g/mol. The predicted molar refractivity (Wildman–Crippen MR) is 141 cm³/mol. The molecule has 2 saturated heterocycles. The third kappa shape index (κ3) is 7.50. The number of carbonyl (C=O) groups is 2. The standard InChI is InChI=1S/C26H37N2O11P/c1-6-8-9-10-11-21(30)38-26(7-2)22-19(37-24(26)28-14-12-20(29)27-25(28)32)16-35-40(33,39-22)34-15-13-18(5)23(31)36-17(3)4/h2,12,14,17-19,22,24H,6,8-11,13,15-16H2,1,3-5H3,(H,27,29,32)/t18-,19-,22-,24-,26-,40+/m1/s1. The first kappa shape index (κ1) is 31.8. The number of phosphoric ester groups is 1. The van der Waals surface area contributed by atoms with Crippen molar-refractivity contribution in [1.29, 1.82) is 0 Å². The Morgan fingerprint density at radius 1 is 1.27 bits per heavy atom. The maximum Gasteiger partial charge on any atom is 0.475 e. The van der Waals surface area contributed by atoms with Gasteiger partial charge in [-0.3, -0.25) is 37.5 Å². The summed E-state index contributed by atoms with van der Waals surface area (Å²) in [7, 11) is -4.27. The van der Waals surface area contributed by atoms with Crippen LogP contribution in [0.1, 0.15) is 72.4 Å². The molecule has 0 radical (unpaired) electrons. The highest BCUT2D eigenvalue weighted by atomic mass is 31.2. The third-order valence-electron chi connectivity index (χ3n) is 6.47. The first-order chi connectivity index (χ1) is 18.9. The van der Waals surface area contributed by atoms with Gasteiger partial charge in [-0.2, -0.15) is 0 Å². The van der Waals surface area contributed by atoms with Crippen LogP contribution in [-0.2, 0) is 41.9 Å². The normalized spacial score (nSPS) is 28.4. The lowest BCUT2D eigenvalue weighted by Crippen LogP contribution is -2.53. The third-order valence-corrected chi connectivity index (χ3v) is 7.92. The summed E-state index contributed by atoms with van der Waals surface area (Å²) in [6.45, 7) is 6.64. The molecule has 0 amide bonds. The summed E-state index contributed by atoms with van der Waals surface area (Å²) in [6.07, 6.45) is 6.47. The number of nitrogens with one attached hydrogen (secondary N) is 1. The summed E-state index contributed by atoms with van der Waals surface area (Å²) >= 11 is 0. The van der Waals surface area contributed by atoms with Crippen molar-refractivity contribution in [2.24, 2.45) is 5.92 Å². The van der Waals surface area contributed by atoms with Gasteiger partial charge in [0.05, 0.1) is 25.2 Å². The number of aromatic nitrogens is 2. The molecule has 2 aliphatic rings. The van der Waals surface area contributed by atoms with E-state index in [4.69, 9.17) is 34.2 Å². The molecule has 40 heavy (non-hydrogen) atoms. The van der Waals surface area contributed by atoms with Crippen LogP contribution in [0.25, 0.3) is 0 Å². The number of ether oxygens (including phenoxy) is 3. The van der Waals surface area contributed by atoms with E-state index in [1.165, 1.54) is 0 Å². The van der Waals surface area contributed by atoms with E-state index in [1.807, 2.05) is 6.92 Å². The molecule has 13 nitrogen and oxygen atoms in total. The van der Waals surface area contributed by atoms with E-state index in [0.29, 0.717) is 6.42 Å². The zero-order valence-electron chi connectivity index (χ0n) is 23.2. The van der Waals surface area contributed by atoms with E-state index >= 15 is 0 Å². The van der Waals surface area contributed by atoms with Crippen molar-refractivity contribution in [2.75, 3.05) is 13.2 Å². The van der Waals surface area contributed by atoms with Crippen LogP contribution in [0.2, 0.25) is 0 Å². The average Bonchev–Trinajstić information content (AvgIpc) is 3.19. The number of rotatable bonds is 13. The predicted octanol–water partition coefficient (Wildman–Crippen LogP) is 2.84. The SMILES string of the molecule is C#C[C@@]1(OC(=O)CCCCCC)[C@@H]2O[P@@](=O)(OCC[C@@H](C)C(=O)OC(C)C)OC[C@H]2O[C@H]1n1ccc(=O)[nH]c1=O. The first-order valence-corrected chi connectivity index (χ1v) is 14.8. The van der Waals surface area contributed by atoms with Crippen LogP contribution in [0.4, 0.5) is 0 Å². The Morgan fingerprint density at radius 3 is 2.67 bits per heavy atom. The number of unbranched alkanes of at least 4 members (excludes halogenated alkanes) is 3. The van der Waals surface area contributed by atoms with Gasteiger partial charge in [0.1, 0.15) is 6.10 Å². The van der Waals surface area contributed by atoms with Gasteiger partial charge in [-0.25, -0.2) is 9.36 Å². The molecule has 1 aromatic heterocycles. The molecular weight excluding hydrogens is 547 g/mol. The second kappa shape index (κ2) is 13.7. The number of carbonyl (C=O) groups excluding carboxylic acids is 2. The molecule has 2 aliphatic heterocycles. The van der Waals surface area contributed by atoms with Gasteiger partial charge >= 0.3 is 25.5 Å². The topological polar surface area (TPSA) is 161 Å². The van der Waals surface area contributed by atoms with Crippen molar-refractivity contribution in [2.45, 2.75) is 96.4 Å². The number of fused-ring (bicyclic) bond motifs is 1. The van der Waals surface area contributed by atoms with Crippen molar-refractivity contribution in [3.05, 3.63) is 33.1 Å². The molecule has 3 rings (SSSR count). The Morgan fingerprint density at radius 2 is 2.02 bits per heavy atom. The van der Waals surface area contributed by atoms with Gasteiger partial charge in [0.15, 0.2) is 12.3 Å². The van der Waals surface area contributed by atoms with Crippen LogP contribution in [-0.4, -0.2) is 58.6 Å². The van der Waals surface area contributed by atoms with E-state index in [0.717, 1.165) is 36.1 Å². The lowest BCUT2D eigenvalue weighted by molar-refractivity contribution is -0.170. The maximum absolute atomic E-state index is 13.4. The number of terminal acetylenes is 1. The Balaban J connectivity index is 1.83. The van der Waals surface area contributed by atoms with Crippen molar-refractivity contribution in [3.63, 3.8) is 0 Å². The highest BCUT2D eigenvalue weighted by Gasteiger charge is 2.65. The molecule has 0 spiro atoms. The van der Waals surface area contributed by atoms with Crippen LogP contribution >= 0.6 is 7.82 Å². The fourth-order valence-corrected chi connectivity index (χ4v) is 5.77. The number of aromatic amines is 1. The van der Waals surface area contributed by atoms with Gasteiger partial charge < -0.3 is 14.2 Å². The smallest absolute Gasteiger partial charge is 0.463 e. The largest absolute Gasteiger partial charge is 0.475 e. The molecule has 3 heterocycles. The lowest BCUT2D eigenvalue weighted by Gasteiger charge is -2.37. The second-order valence-corrected chi connectivity index (χ2v) is 11.7. The van der Waals surface area contributed by atoms with Gasteiger partial charge in [0.2, 0.25) is 5.60 Å². The summed E-state index contributed by atoms with van der Waals surface area (Å²) in [5.74, 6) is 0.766. The Labute approximate surface area is 232 Å². The molecular formula is C26H37N2O11P. The highest BCUT2D eigenvalue weighted by Crippen LogP contribution is 2.59. The zero-order valence-corrected chi connectivity index (χ0v) is 24.1. The highest BCUT2D eigenvalue weighted by molar-refractivity contribution is 7.48. The number of esters is 2. The fourth-order valence-electron chi connectivity index (χ4n) is 4.35. The molecule has 14 heteroatoms. The molecule has 2 fully saturated rings. The van der Waals surface area contributed by atoms with Crippen LogP contribution in [0.5, 0.6) is 0 Å².